The second-order valence-electron chi connectivity index (χ2n) is 3.70. The molecule has 1 rings (SSSR count). The fourth-order valence-corrected chi connectivity index (χ4v) is 4.15. The number of nitriles is 1. The Labute approximate surface area is 126 Å². The quantitative estimate of drug-likeness (QED) is 0.633. The first kappa shape index (κ1) is 16.8. The van der Waals surface area contributed by atoms with Crippen LogP contribution >= 0.6 is 22.9 Å². The molecule has 110 valence electrons. The Balaban J connectivity index is 3.19. The molecule has 20 heavy (non-hydrogen) atoms. The van der Waals surface area contributed by atoms with Crippen LogP contribution in [0.15, 0.2) is 0 Å². The Hall–Kier alpha value is -1.30. The van der Waals surface area contributed by atoms with E-state index in [-0.39, 0.29) is 33.7 Å². The summed E-state index contributed by atoms with van der Waals surface area (Å²) in [7, 11) is -3.63. The summed E-state index contributed by atoms with van der Waals surface area (Å²) in [5.41, 5.74) is 0.524. The Morgan fingerprint density at radius 3 is 2.70 bits per heavy atom. The van der Waals surface area contributed by atoms with Gasteiger partial charge in [0.1, 0.15) is 15.9 Å². The molecule has 0 radical (unpaired) electrons. The van der Waals surface area contributed by atoms with Gasteiger partial charge in [0, 0.05) is 5.88 Å². The lowest BCUT2D eigenvalue weighted by atomic mass is 10.2. The predicted octanol–water partition coefficient (Wildman–Crippen LogP) is 2.09. The zero-order valence-electron chi connectivity index (χ0n) is 10.9. The Bertz CT molecular complexity index is 646. The Morgan fingerprint density at radius 2 is 2.20 bits per heavy atom. The number of halogens is 1. The number of rotatable bonds is 6. The van der Waals surface area contributed by atoms with Gasteiger partial charge >= 0.3 is 5.97 Å². The number of hydrogen-bond donors (Lipinski definition) is 1. The third-order valence-corrected chi connectivity index (χ3v) is 5.30. The van der Waals surface area contributed by atoms with Crippen LogP contribution in [-0.4, -0.2) is 32.6 Å². The lowest BCUT2D eigenvalue weighted by Crippen LogP contribution is -2.17. The highest BCUT2D eigenvalue weighted by atomic mass is 35.5. The summed E-state index contributed by atoms with van der Waals surface area (Å²) in [5.74, 6) is -0.911. The minimum Gasteiger partial charge on any atom is -0.462 e. The number of nitrogens with one attached hydrogen (secondary N) is 1. The van der Waals surface area contributed by atoms with Gasteiger partial charge in [0.25, 0.3) is 0 Å². The molecule has 0 amide bonds. The van der Waals surface area contributed by atoms with Gasteiger partial charge in [-0.15, -0.1) is 22.9 Å². The molecule has 0 fully saturated rings. The van der Waals surface area contributed by atoms with Gasteiger partial charge in [-0.25, -0.2) is 13.2 Å². The average Bonchev–Trinajstić information content (AvgIpc) is 2.65. The van der Waals surface area contributed by atoms with E-state index in [1.165, 1.54) is 0 Å². The second kappa shape index (κ2) is 6.92. The number of ether oxygens (including phenoxy) is 1. The number of carbonyl (C=O) groups excluding carboxylic acids is 1. The molecule has 0 aliphatic heterocycles. The lowest BCUT2D eigenvalue weighted by Gasteiger charge is -2.03. The van der Waals surface area contributed by atoms with E-state index >= 15 is 0 Å². The first-order valence-corrected chi connectivity index (χ1v) is 8.63. The van der Waals surface area contributed by atoms with E-state index in [4.69, 9.17) is 21.6 Å². The largest absolute Gasteiger partial charge is 0.462 e. The minimum atomic E-state index is -3.63. The van der Waals surface area contributed by atoms with Crippen LogP contribution < -0.4 is 4.72 Å². The first-order chi connectivity index (χ1) is 9.36. The number of alkyl halides is 1. The maximum Gasteiger partial charge on any atom is 0.348 e. The van der Waals surface area contributed by atoms with E-state index < -0.39 is 16.0 Å². The zero-order chi connectivity index (χ0) is 15.3. The number of anilines is 1. The van der Waals surface area contributed by atoms with Gasteiger partial charge < -0.3 is 4.74 Å². The minimum absolute atomic E-state index is 0.0632. The van der Waals surface area contributed by atoms with Gasteiger partial charge in [0.05, 0.1) is 17.9 Å². The molecule has 1 heterocycles. The third kappa shape index (κ3) is 3.85. The molecule has 0 saturated heterocycles. The maximum atomic E-state index is 11.7. The fraction of sp³-hybridized carbons (Fsp3) is 0.455. The maximum absolute atomic E-state index is 11.7. The third-order valence-electron chi connectivity index (χ3n) is 2.31. The average molecular weight is 337 g/mol. The van der Waals surface area contributed by atoms with E-state index in [0.29, 0.717) is 5.56 Å². The normalized spacial score (nSPS) is 10.9. The highest BCUT2D eigenvalue weighted by molar-refractivity contribution is 7.93. The molecule has 0 aliphatic carbocycles. The standard InChI is InChI=1S/C11H13ClN2O4S2/c1-3-18-11(15)9-7(2)8(6-13)10(19-9)14-20(16,17)5-4-12/h14H,3-5H2,1-2H3. The molecule has 0 spiro atoms. The summed E-state index contributed by atoms with van der Waals surface area (Å²) in [6, 6.07) is 1.89. The van der Waals surface area contributed by atoms with E-state index in [2.05, 4.69) is 4.72 Å². The van der Waals surface area contributed by atoms with Crippen molar-refractivity contribution in [2.24, 2.45) is 0 Å². The van der Waals surface area contributed by atoms with E-state index in [1.54, 1.807) is 13.8 Å². The fourth-order valence-electron chi connectivity index (χ4n) is 1.41. The molecule has 0 saturated carbocycles. The molecule has 1 N–H and O–H groups in total. The highest BCUT2D eigenvalue weighted by Gasteiger charge is 2.23. The predicted molar refractivity (Wildman–Crippen MR) is 77.9 cm³/mol. The Morgan fingerprint density at radius 1 is 1.55 bits per heavy atom. The van der Waals surface area contributed by atoms with Crippen LogP contribution in [0.1, 0.15) is 27.7 Å². The summed E-state index contributed by atoms with van der Waals surface area (Å²) in [4.78, 5) is 11.9. The van der Waals surface area contributed by atoms with Gasteiger partial charge in [-0.05, 0) is 19.4 Å². The second-order valence-corrected chi connectivity index (χ2v) is 6.94. The van der Waals surface area contributed by atoms with Gasteiger partial charge in [-0.2, -0.15) is 5.26 Å². The van der Waals surface area contributed by atoms with Crippen LogP contribution in [0, 0.1) is 18.3 Å². The summed E-state index contributed by atoms with van der Waals surface area (Å²) in [6.07, 6.45) is 0. The zero-order valence-corrected chi connectivity index (χ0v) is 13.3. The summed E-state index contributed by atoms with van der Waals surface area (Å²) in [6.45, 7) is 3.43. The SMILES string of the molecule is CCOC(=O)c1sc(NS(=O)(=O)CCCl)c(C#N)c1C. The molecule has 1 aromatic heterocycles. The molecular weight excluding hydrogens is 324 g/mol. The Kier molecular flexibility index (Phi) is 5.80. The van der Waals surface area contributed by atoms with Crippen molar-refractivity contribution in [1.29, 1.82) is 5.26 Å². The number of thiophene rings is 1. The van der Waals surface area contributed by atoms with Crippen molar-refractivity contribution < 1.29 is 17.9 Å². The summed E-state index contributed by atoms with van der Waals surface area (Å²) >= 11 is 6.28. The van der Waals surface area contributed by atoms with Crippen LogP contribution in [0.2, 0.25) is 0 Å². The number of hydrogen-bond acceptors (Lipinski definition) is 6. The van der Waals surface area contributed by atoms with E-state index in [1.807, 2.05) is 6.07 Å². The van der Waals surface area contributed by atoms with Crippen molar-refractivity contribution in [1.82, 2.24) is 0 Å². The topological polar surface area (TPSA) is 96.3 Å². The van der Waals surface area contributed by atoms with Gasteiger partial charge in [-0.1, -0.05) is 0 Å². The molecule has 0 bridgehead atoms. The van der Waals surface area contributed by atoms with Crippen LogP contribution in [0.25, 0.3) is 0 Å². The van der Waals surface area contributed by atoms with Crippen molar-refractivity contribution in [3.63, 3.8) is 0 Å². The monoisotopic (exact) mass is 336 g/mol. The molecule has 9 heteroatoms. The van der Waals surface area contributed by atoms with E-state index in [9.17, 15) is 13.2 Å². The lowest BCUT2D eigenvalue weighted by molar-refractivity contribution is 0.0531. The molecule has 0 unspecified atom stereocenters. The van der Waals surface area contributed by atoms with Gasteiger partial charge in [0.2, 0.25) is 10.0 Å². The van der Waals surface area contributed by atoms with Crippen LogP contribution in [-0.2, 0) is 14.8 Å². The smallest absolute Gasteiger partial charge is 0.348 e. The molecule has 6 nitrogen and oxygen atoms in total. The van der Waals surface area contributed by atoms with E-state index in [0.717, 1.165) is 11.3 Å². The highest BCUT2D eigenvalue weighted by Crippen LogP contribution is 2.33. The van der Waals surface area contributed by atoms with Crippen molar-refractivity contribution in [2.75, 3.05) is 23.0 Å². The number of carbonyl (C=O) groups is 1. The summed E-state index contributed by atoms with van der Waals surface area (Å²) in [5, 5.41) is 9.20. The number of sulfonamides is 1. The first-order valence-electron chi connectivity index (χ1n) is 5.63. The molecule has 1 aromatic rings. The number of nitrogens with zero attached hydrogens (tertiary/aromatic N) is 1. The van der Waals surface area contributed by atoms with Crippen LogP contribution in [0.5, 0.6) is 0 Å². The molecule has 0 aliphatic rings. The van der Waals surface area contributed by atoms with Crippen molar-refractivity contribution in [3.8, 4) is 6.07 Å². The van der Waals surface area contributed by atoms with Crippen molar-refractivity contribution in [2.45, 2.75) is 13.8 Å². The van der Waals surface area contributed by atoms with Crippen molar-refractivity contribution in [3.05, 3.63) is 16.0 Å². The molecular formula is C11H13ClN2O4S2. The van der Waals surface area contributed by atoms with Crippen LogP contribution in [0.4, 0.5) is 5.00 Å². The van der Waals surface area contributed by atoms with Gasteiger partial charge in [0.15, 0.2) is 0 Å². The van der Waals surface area contributed by atoms with Crippen molar-refractivity contribution >= 4 is 43.9 Å². The summed E-state index contributed by atoms with van der Waals surface area (Å²) < 4.78 is 30.5. The molecule has 0 aromatic carbocycles. The van der Waals surface area contributed by atoms with Crippen LogP contribution in [0.3, 0.4) is 0 Å². The molecule has 0 atom stereocenters. The number of esters is 1. The van der Waals surface area contributed by atoms with Gasteiger partial charge in [-0.3, -0.25) is 4.72 Å².